The maximum absolute atomic E-state index is 5.71. The number of hydrogen-bond acceptors (Lipinski definition) is 5. The van der Waals surface area contributed by atoms with Crippen LogP contribution in [0.2, 0.25) is 0 Å². The van der Waals surface area contributed by atoms with E-state index in [2.05, 4.69) is 20.2 Å². The lowest BCUT2D eigenvalue weighted by Crippen LogP contribution is -1.91. The van der Waals surface area contributed by atoms with Crippen LogP contribution in [0.1, 0.15) is 30.1 Å². The molecule has 2 heterocycles. The van der Waals surface area contributed by atoms with E-state index in [1.807, 2.05) is 31.2 Å². The molecule has 104 valence electrons. The van der Waals surface area contributed by atoms with Gasteiger partial charge in [0.15, 0.2) is 0 Å². The van der Waals surface area contributed by atoms with Crippen molar-refractivity contribution >= 4 is 0 Å². The van der Waals surface area contributed by atoms with E-state index in [-0.39, 0.29) is 0 Å². The van der Waals surface area contributed by atoms with Crippen LogP contribution in [-0.2, 0) is 0 Å². The molecule has 1 fully saturated rings. The van der Waals surface area contributed by atoms with E-state index < -0.39 is 0 Å². The van der Waals surface area contributed by atoms with Crippen LogP contribution in [0.4, 0.5) is 0 Å². The second-order valence-electron chi connectivity index (χ2n) is 5.38. The Hall–Kier alpha value is -2.56. The molecule has 0 unspecified atom stereocenters. The molecule has 5 heteroatoms. The van der Waals surface area contributed by atoms with Crippen LogP contribution in [0.5, 0.6) is 0 Å². The fourth-order valence-corrected chi connectivity index (χ4v) is 2.15. The third-order valence-corrected chi connectivity index (χ3v) is 3.58. The van der Waals surface area contributed by atoms with Gasteiger partial charge in [-0.15, -0.1) is 10.2 Å². The number of aryl methyl sites for hydroxylation is 1. The van der Waals surface area contributed by atoms with Gasteiger partial charge < -0.3 is 4.42 Å². The summed E-state index contributed by atoms with van der Waals surface area (Å²) in [7, 11) is 0. The standard InChI is InChI=1S/C16H14N4O/c1-10-2-4-12(5-3-10)15-19-20-16(21-15)13-8-17-14(18-9-13)11-6-7-11/h2-5,8-9,11H,6-7H2,1H3. The Morgan fingerprint density at radius 1 is 0.905 bits per heavy atom. The van der Waals surface area contributed by atoms with Crippen molar-refractivity contribution in [3.8, 4) is 22.9 Å². The zero-order chi connectivity index (χ0) is 14.2. The van der Waals surface area contributed by atoms with Crippen LogP contribution in [0.15, 0.2) is 41.1 Å². The van der Waals surface area contributed by atoms with E-state index in [0.717, 1.165) is 17.0 Å². The molecule has 0 aliphatic heterocycles. The molecule has 1 saturated carbocycles. The molecule has 0 amide bonds. The maximum atomic E-state index is 5.71. The fraction of sp³-hybridized carbons (Fsp3) is 0.250. The number of benzene rings is 1. The molecule has 4 rings (SSSR count). The summed E-state index contributed by atoms with van der Waals surface area (Å²) in [6.45, 7) is 2.04. The van der Waals surface area contributed by atoms with Crippen LogP contribution in [-0.4, -0.2) is 20.2 Å². The minimum atomic E-state index is 0.452. The van der Waals surface area contributed by atoms with Crippen LogP contribution < -0.4 is 0 Å². The Kier molecular flexibility index (Phi) is 2.77. The molecule has 0 N–H and O–H groups in total. The third-order valence-electron chi connectivity index (χ3n) is 3.58. The summed E-state index contributed by atoms with van der Waals surface area (Å²) >= 11 is 0. The van der Waals surface area contributed by atoms with Crippen molar-refractivity contribution in [1.29, 1.82) is 0 Å². The third kappa shape index (κ3) is 2.42. The summed E-state index contributed by atoms with van der Waals surface area (Å²) < 4.78 is 5.71. The van der Waals surface area contributed by atoms with Crippen molar-refractivity contribution in [3.63, 3.8) is 0 Å². The summed E-state index contributed by atoms with van der Waals surface area (Å²) in [6.07, 6.45) is 5.90. The van der Waals surface area contributed by atoms with Gasteiger partial charge in [0.25, 0.3) is 5.89 Å². The van der Waals surface area contributed by atoms with Gasteiger partial charge in [0.2, 0.25) is 5.89 Å². The minimum absolute atomic E-state index is 0.452. The lowest BCUT2D eigenvalue weighted by molar-refractivity contribution is 0.583. The highest BCUT2D eigenvalue weighted by Crippen LogP contribution is 2.38. The summed E-state index contributed by atoms with van der Waals surface area (Å²) in [5.41, 5.74) is 2.86. The molecule has 0 bridgehead atoms. The largest absolute Gasteiger partial charge is 0.416 e. The minimum Gasteiger partial charge on any atom is -0.416 e. The number of hydrogen-bond donors (Lipinski definition) is 0. The first-order chi connectivity index (χ1) is 10.3. The van der Waals surface area contributed by atoms with Gasteiger partial charge in [-0.25, -0.2) is 9.97 Å². The molecule has 1 aliphatic carbocycles. The Morgan fingerprint density at radius 3 is 2.14 bits per heavy atom. The van der Waals surface area contributed by atoms with Crippen molar-refractivity contribution in [2.45, 2.75) is 25.7 Å². The summed E-state index contributed by atoms with van der Waals surface area (Å²) in [5, 5.41) is 8.17. The second kappa shape index (κ2) is 4.77. The van der Waals surface area contributed by atoms with Gasteiger partial charge in [-0.3, -0.25) is 0 Å². The average Bonchev–Trinajstić information content (AvgIpc) is 3.26. The van der Waals surface area contributed by atoms with Gasteiger partial charge >= 0.3 is 0 Å². The highest BCUT2D eigenvalue weighted by molar-refractivity contribution is 5.56. The number of aromatic nitrogens is 4. The Bertz CT molecular complexity index is 758. The van der Waals surface area contributed by atoms with Crippen LogP contribution in [0.25, 0.3) is 22.9 Å². The van der Waals surface area contributed by atoms with Crippen molar-refractivity contribution in [3.05, 3.63) is 48.0 Å². The number of rotatable bonds is 3. The molecular weight excluding hydrogens is 264 g/mol. The molecule has 5 nitrogen and oxygen atoms in total. The van der Waals surface area contributed by atoms with Gasteiger partial charge in [0.05, 0.1) is 5.56 Å². The molecule has 2 aromatic heterocycles. The van der Waals surface area contributed by atoms with Crippen LogP contribution in [0.3, 0.4) is 0 Å². The number of nitrogens with zero attached hydrogens (tertiary/aromatic N) is 4. The van der Waals surface area contributed by atoms with E-state index in [0.29, 0.717) is 17.7 Å². The van der Waals surface area contributed by atoms with Crippen molar-refractivity contribution in [2.24, 2.45) is 0 Å². The second-order valence-corrected chi connectivity index (χ2v) is 5.38. The normalized spacial score (nSPS) is 14.3. The van der Waals surface area contributed by atoms with E-state index in [1.54, 1.807) is 12.4 Å². The van der Waals surface area contributed by atoms with Gasteiger partial charge in [0.1, 0.15) is 5.82 Å². The zero-order valence-electron chi connectivity index (χ0n) is 11.7. The molecular formula is C16H14N4O. The van der Waals surface area contributed by atoms with Gasteiger partial charge in [-0.2, -0.15) is 0 Å². The Labute approximate surface area is 122 Å². The molecule has 3 aromatic rings. The molecule has 0 radical (unpaired) electrons. The Balaban J connectivity index is 1.62. The first-order valence-electron chi connectivity index (χ1n) is 7.02. The van der Waals surface area contributed by atoms with Gasteiger partial charge in [-0.1, -0.05) is 17.7 Å². The van der Waals surface area contributed by atoms with Gasteiger partial charge in [-0.05, 0) is 31.9 Å². The molecule has 1 aliphatic rings. The van der Waals surface area contributed by atoms with E-state index >= 15 is 0 Å². The molecule has 0 saturated heterocycles. The lowest BCUT2D eigenvalue weighted by atomic mass is 10.1. The monoisotopic (exact) mass is 278 g/mol. The smallest absolute Gasteiger partial charge is 0.251 e. The first kappa shape index (κ1) is 12.2. The topological polar surface area (TPSA) is 64.7 Å². The Morgan fingerprint density at radius 2 is 1.52 bits per heavy atom. The van der Waals surface area contributed by atoms with E-state index in [9.17, 15) is 0 Å². The maximum Gasteiger partial charge on any atom is 0.251 e. The highest BCUT2D eigenvalue weighted by Gasteiger charge is 2.26. The molecule has 0 spiro atoms. The van der Waals surface area contributed by atoms with E-state index in [4.69, 9.17) is 4.42 Å². The van der Waals surface area contributed by atoms with Crippen LogP contribution in [0, 0.1) is 6.92 Å². The SMILES string of the molecule is Cc1ccc(-c2nnc(-c3cnc(C4CC4)nc3)o2)cc1. The fourth-order valence-electron chi connectivity index (χ4n) is 2.15. The van der Waals surface area contributed by atoms with Crippen molar-refractivity contribution < 1.29 is 4.42 Å². The van der Waals surface area contributed by atoms with E-state index in [1.165, 1.54) is 18.4 Å². The summed E-state index contributed by atoms with van der Waals surface area (Å²) in [4.78, 5) is 8.74. The lowest BCUT2D eigenvalue weighted by Gasteiger charge is -1.97. The highest BCUT2D eigenvalue weighted by atomic mass is 16.4. The average molecular weight is 278 g/mol. The summed E-state index contributed by atoms with van der Waals surface area (Å²) in [5.74, 6) is 2.42. The molecule has 1 aromatic carbocycles. The van der Waals surface area contributed by atoms with Crippen LogP contribution >= 0.6 is 0 Å². The van der Waals surface area contributed by atoms with Gasteiger partial charge in [0, 0.05) is 23.9 Å². The quantitative estimate of drug-likeness (QED) is 0.734. The molecule has 0 atom stereocenters. The predicted molar refractivity (Wildman–Crippen MR) is 77.5 cm³/mol. The predicted octanol–water partition coefficient (Wildman–Crippen LogP) is 3.38. The van der Waals surface area contributed by atoms with Crippen molar-refractivity contribution in [2.75, 3.05) is 0 Å². The summed E-state index contributed by atoms with van der Waals surface area (Å²) in [6, 6.07) is 7.98. The first-order valence-corrected chi connectivity index (χ1v) is 7.02. The molecule has 21 heavy (non-hydrogen) atoms. The van der Waals surface area contributed by atoms with Crippen molar-refractivity contribution in [1.82, 2.24) is 20.2 Å². The zero-order valence-corrected chi connectivity index (χ0v) is 11.7.